The Hall–Kier alpha value is -3.54. The van der Waals surface area contributed by atoms with E-state index in [0.717, 1.165) is 5.56 Å². The Balaban J connectivity index is 1.20. The summed E-state index contributed by atoms with van der Waals surface area (Å²) in [4.78, 5) is 23.4. The van der Waals surface area contributed by atoms with Crippen molar-refractivity contribution in [3.8, 4) is 5.75 Å². The second-order valence-corrected chi connectivity index (χ2v) is 10.8. The summed E-state index contributed by atoms with van der Waals surface area (Å²) >= 11 is 0. The Morgan fingerprint density at radius 1 is 1.26 bits per heavy atom. The molecule has 3 fully saturated rings. The Bertz CT molecular complexity index is 1380. The third-order valence-corrected chi connectivity index (χ3v) is 8.24. The minimum Gasteiger partial charge on any atom is -0.496 e. The largest absolute Gasteiger partial charge is 0.496 e. The molecule has 1 aromatic carbocycles. The number of nitrogens with two attached hydrogens (primary N) is 1. The van der Waals surface area contributed by atoms with Gasteiger partial charge in [-0.25, -0.2) is 13.8 Å². The van der Waals surface area contributed by atoms with Crippen LogP contribution in [0.1, 0.15) is 48.0 Å². The lowest BCUT2D eigenvalue weighted by atomic mass is 9.71. The van der Waals surface area contributed by atoms with Gasteiger partial charge >= 0.3 is 0 Å². The van der Waals surface area contributed by atoms with E-state index in [1.165, 1.54) is 0 Å². The van der Waals surface area contributed by atoms with E-state index in [9.17, 15) is 18.7 Å². The van der Waals surface area contributed by atoms with Crippen LogP contribution in [0.25, 0.3) is 11.0 Å². The van der Waals surface area contributed by atoms with Crippen LogP contribution < -0.4 is 15.8 Å². The molecular formula is C26H31F2N7O3. The molecule has 2 aromatic heterocycles. The summed E-state index contributed by atoms with van der Waals surface area (Å²) < 4.78 is 34.5. The highest BCUT2D eigenvalue weighted by Crippen LogP contribution is 2.72. The standard InChI is InChI=1S/C26H31F2N7O3/c1-38-20-8-16(23(37)34-6-4-18(36)5-7-34)2-3-17(20)13-35-21-19(12-31-35)32-24(29)33-22(21)30-11-15-9-25(10-15)14-26(25,27)28/h2-3,8,12,15,18,36H,4-7,9-11,13-14H2,1H3,(H3,29,30,32,33). The van der Waals surface area contributed by atoms with Gasteiger partial charge in [-0.05, 0) is 43.7 Å². The van der Waals surface area contributed by atoms with Crippen LogP contribution >= 0.6 is 0 Å². The number of hydrogen-bond donors (Lipinski definition) is 3. The fourth-order valence-corrected chi connectivity index (χ4v) is 5.94. The molecule has 1 amide bonds. The summed E-state index contributed by atoms with van der Waals surface area (Å²) in [5, 5.41) is 17.5. The molecule has 10 nitrogen and oxygen atoms in total. The van der Waals surface area contributed by atoms with Gasteiger partial charge in [-0.3, -0.25) is 9.48 Å². The summed E-state index contributed by atoms with van der Waals surface area (Å²) in [6, 6.07) is 5.33. The second-order valence-electron chi connectivity index (χ2n) is 10.8. The number of aliphatic hydroxyl groups excluding tert-OH is 1. The third-order valence-electron chi connectivity index (χ3n) is 8.24. The van der Waals surface area contributed by atoms with E-state index in [-0.39, 0.29) is 30.3 Å². The monoisotopic (exact) mass is 527 g/mol. The molecule has 1 spiro atoms. The van der Waals surface area contributed by atoms with Crippen LogP contribution in [0.3, 0.4) is 0 Å². The summed E-state index contributed by atoms with van der Waals surface area (Å²) in [7, 11) is 1.55. The Labute approximate surface area is 218 Å². The van der Waals surface area contributed by atoms with Crippen LogP contribution in [0.15, 0.2) is 24.4 Å². The van der Waals surface area contributed by atoms with Crippen LogP contribution in [0, 0.1) is 11.3 Å². The fourth-order valence-electron chi connectivity index (χ4n) is 5.94. The summed E-state index contributed by atoms with van der Waals surface area (Å²) in [6.45, 7) is 1.89. The van der Waals surface area contributed by atoms with Gasteiger partial charge in [0.2, 0.25) is 5.95 Å². The number of carbonyl (C=O) groups excluding carboxylic acids is 1. The predicted octanol–water partition coefficient (Wildman–Crippen LogP) is 2.91. The molecule has 4 N–H and O–H groups in total. The number of halogens is 2. The number of nitrogen functional groups attached to an aromatic ring is 1. The zero-order valence-electron chi connectivity index (χ0n) is 21.2. The molecule has 1 saturated heterocycles. The SMILES string of the molecule is COc1cc(C(=O)N2CCC(O)CC2)ccc1Cn1ncc2nc(N)nc(NCC3CC4(C3)CC4(F)F)c21. The summed E-state index contributed by atoms with van der Waals surface area (Å²) in [5.74, 6) is -1.30. The van der Waals surface area contributed by atoms with Gasteiger partial charge in [-0.15, -0.1) is 0 Å². The number of methoxy groups -OCH3 is 1. The quantitative estimate of drug-likeness (QED) is 0.428. The van der Waals surface area contributed by atoms with Crippen molar-refractivity contribution >= 4 is 28.7 Å². The minimum atomic E-state index is -2.51. The van der Waals surface area contributed by atoms with Gasteiger partial charge in [0.05, 0.1) is 26.0 Å². The van der Waals surface area contributed by atoms with Gasteiger partial charge in [0.15, 0.2) is 5.82 Å². The summed E-state index contributed by atoms with van der Waals surface area (Å²) in [6.07, 6.45) is 3.42. The van der Waals surface area contributed by atoms with Crippen molar-refractivity contribution in [1.82, 2.24) is 24.6 Å². The van der Waals surface area contributed by atoms with Crippen molar-refractivity contribution in [2.24, 2.45) is 11.3 Å². The highest BCUT2D eigenvalue weighted by molar-refractivity contribution is 5.95. The Morgan fingerprint density at radius 2 is 2.00 bits per heavy atom. The van der Waals surface area contributed by atoms with Crippen molar-refractivity contribution in [2.45, 2.75) is 50.7 Å². The molecule has 3 aromatic rings. The molecule has 3 aliphatic rings. The predicted molar refractivity (Wildman–Crippen MR) is 136 cm³/mol. The molecule has 0 atom stereocenters. The molecular weight excluding hydrogens is 496 g/mol. The number of nitrogens with zero attached hydrogens (tertiary/aromatic N) is 5. The van der Waals surface area contributed by atoms with Crippen molar-refractivity contribution in [3.63, 3.8) is 0 Å². The van der Waals surface area contributed by atoms with E-state index >= 15 is 0 Å². The highest BCUT2D eigenvalue weighted by Gasteiger charge is 2.75. The Morgan fingerprint density at radius 3 is 2.68 bits per heavy atom. The Kier molecular flexibility index (Phi) is 5.89. The lowest BCUT2D eigenvalue weighted by Crippen LogP contribution is -2.40. The zero-order chi connectivity index (χ0) is 26.7. The smallest absolute Gasteiger partial charge is 0.254 e. The van der Waals surface area contributed by atoms with Crippen LogP contribution in [-0.4, -0.2) is 74.4 Å². The fraction of sp³-hybridized carbons (Fsp3) is 0.538. The van der Waals surface area contributed by atoms with Gasteiger partial charge in [-0.1, -0.05) is 6.07 Å². The molecule has 0 unspecified atom stereocenters. The average molecular weight is 528 g/mol. The zero-order valence-corrected chi connectivity index (χ0v) is 21.2. The molecule has 3 heterocycles. The van der Waals surface area contributed by atoms with Gasteiger partial charge in [0, 0.05) is 42.6 Å². The molecule has 1 aliphatic heterocycles. The number of rotatable bonds is 7. The first-order chi connectivity index (χ1) is 18.2. The van der Waals surface area contributed by atoms with Crippen molar-refractivity contribution in [3.05, 3.63) is 35.5 Å². The third kappa shape index (κ3) is 4.30. The normalized spacial score (nSPS) is 24.4. The molecule has 6 rings (SSSR count). The van der Waals surface area contributed by atoms with Crippen LogP contribution in [0.5, 0.6) is 5.75 Å². The lowest BCUT2D eigenvalue weighted by molar-refractivity contribution is 0.00528. The second kappa shape index (κ2) is 9.04. The number of benzene rings is 1. The van der Waals surface area contributed by atoms with E-state index in [4.69, 9.17) is 10.5 Å². The molecule has 2 saturated carbocycles. The van der Waals surface area contributed by atoms with E-state index in [0.29, 0.717) is 80.0 Å². The molecule has 12 heteroatoms. The van der Waals surface area contributed by atoms with Crippen LogP contribution in [0.2, 0.25) is 0 Å². The van der Waals surface area contributed by atoms with Crippen molar-refractivity contribution < 1.29 is 23.4 Å². The van der Waals surface area contributed by atoms with Crippen LogP contribution in [-0.2, 0) is 6.54 Å². The molecule has 202 valence electrons. The van der Waals surface area contributed by atoms with Crippen molar-refractivity contribution in [1.29, 1.82) is 0 Å². The number of alkyl halides is 2. The first-order valence-corrected chi connectivity index (χ1v) is 12.9. The number of anilines is 2. The lowest BCUT2D eigenvalue weighted by Gasteiger charge is -2.36. The van der Waals surface area contributed by atoms with Crippen LogP contribution in [0.4, 0.5) is 20.5 Å². The van der Waals surface area contributed by atoms with Gasteiger partial charge in [0.1, 0.15) is 16.8 Å². The number of nitrogens with one attached hydrogen (secondary N) is 1. The number of amides is 1. The average Bonchev–Trinajstić information content (AvgIpc) is 3.24. The maximum Gasteiger partial charge on any atom is 0.254 e. The van der Waals surface area contributed by atoms with Gasteiger partial charge < -0.3 is 25.8 Å². The number of likely N-dealkylation sites (tertiary alicyclic amines) is 1. The van der Waals surface area contributed by atoms with Gasteiger partial charge in [-0.2, -0.15) is 10.1 Å². The maximum absolute atomic E-state index is 13.6. The number of aromatic nitrogens is 4. The van der Waals surface area contributed by atoms with E-state index in [2.05, 4.69) is 20.4 Å². The van der Waals surface area contributed by atoms with Crippen molar-refractivity contribution in [2.75, 3.05) is 37.8 Å². The number of hydrogen-bond acceptors (Lipinski definition) is 8. The maximum atomic E-state index is 13.6. The number of ether oxygens (including phenoxy) is 1. The molecule has 0 radical (unpaired) electrons. The topological polar surface area (TPSA) is 131 Å². The highest BCUT2D eigenvalue weighted by atomic mass is 19.3. The molecule has 38 heavy (non-hydrogen) atoms. The first-order valence-electron chi connectivity index (χ1n) is 12.9. The molecule has 0 bridgehead atoms. The summed E-state index contributed by atoms with van der Waals surface area (Å²) in [5.41, 5.74) is 7.69. The minimum absolute atomic E-state index is 0.00134. The van der Waals surface area contributed by atoms with E-state index in [1.807, 2.05) is 6.07 Å². The number of piperidine rings is 1. The molecule has 2 aliphatic carbocycles. The van der Waals surface area contributed by atoms with Gasteiger partial charge in [0.25, 0.3) is 11.8 Å². The number of carbonyl (C=O) groups is 1. The number of fused-ring (bicyclic) bond motifs is 1. The first kappa shape index (κ1) is 24.8. The van der Waals surface area contributed by atoms with E-state index < -0.39 is 11.3 Å². The van der Waals surface area contributed by atoms with E-state index in [1.54, 1.807) is 35.0 Å². The number of aliphatic hydroxyl groups is 1.